The van der Waals surface area contributed by atoms with Crippen molar-refractivity contribution < 1.29 is 27.5 Å². The summed E-state index contributed by atoms with van der Waals surface area (Å²) in [6.07, 6.45) is 0.202. The van der Waals surface area contributed by atoms with Crippen LogP contribution in [0.1, 0.15) is 26.3 Å². The van der Waals surface area contributed by atoms with Gasteiger partial charge in [-0.1, -0.05) is 0 Å². The lowest BCUT2D eigenvalue weighted by Gasteiger charge is -2.12. The van der Waals surface area contributed by atoms with E-state index in [1.807, 2.05) is 0 Å². The zero-order chi connectivity index (χ0) is 14.6. The molecule has 0 bridgehead atoms. The monoisotopic (exact) mass is 289 g/mol. The van der Waals surface area contributed by atoms with Crippen molar-refractivity contribution >= 4 is 24.0 Å². The van der Waals surface area contributed by atoms with Gasteiger partial charge in [0.2, 0.25) is 0 Å². The van der Waals surface area contributed by atoms with Crippen molar-refractivity contribution in [2.45, 2.75) is 10.4 Å². The summed E-state index contributed by atoms with van der Waals surface area (Å²) in [6, 6.07) is 3.53. The molecule has 1 aromatic carbocycles. The molecule has 0 saturated heterocycles. The van der Waals surface area contributed by atoms with Crippen LogP contribution in [0.5, 0.6) is 0 Å². The molecule has 0 heterocycles. The molecule has 0 saturated carbocycles. The van der Waals surface area contributed by atoms with Crippen LogP contribution < -0.4 is 0 Å². The Balaban J connectivity index is 3.51. The van der Waals surface area contributed by atoms with Crippen LogP contribution in [0.4, 0.5) is 13.2 Å². The third-order valence-corrected chi connectivity index (χ3v) is 2.78. The molecule has 0 fully saturated rings. The minimum atomic E-state index is -4.66. The highest BCUT2D eigenvalue weighted by molar-refractivity contribution is 8.00. The number of carbonyl (C=O) groups excluding carboxylic acids is 2. The quantitative estimate of drug-likeness (QED) is 0.486. The van der Waals surface area contributed by atoms with E-state index in [0.717, 1.165) is 19.2 Å². The lowest BCUT2D eigenvalue weighted by Crippen LogP contribution is -2.10. The molecule has 1 aromatic rings. The predicted molar refractivity (Wildman–Crippen MR) is 59.8 cm³/mol. The number of alkyl halides is 3. The van der Waals surface area contributed by atoms with E-state index in [0.29, 0.717) is 0 Å². The van der Waals surface area contributed by atoms with E-state index in [9.17, 15) is 22.8 Å². The molecule has 0 N–H and O–H groups in total. The average Bonchev–Trinajstić information content (AvgIpc) is 2.34. The number of hydrogen-bond donors (Lipinski definition) is 0. The summed E-state index contributed by atoms with van der Waals surface area (Å²) in [5, 5.41) is 8.69. The van der Waals surface area contributed by atoms with Crippen molar-refractivity contribution in [2.24, 2.45) is 0 Å². The summed E-state index contributed by atoms with van der Waals surface area (Å²) in [5.74, 6) is -1.07. The number of ether oxygens (including phenoxy) is 1. The maximum atomic E-state index is 12.4. The number of aldehydes is 1. The van der Waals surface area contributed by atoms with Gasteiger partial charge in [0.25, 0.3) is 0 Å². The molecule has 0 atom stereocenters. The first-order valence-corrected chi connectivity index (χ1v) is 5.51. The van der Waals surface area contributed by atoms with E-state index in [4.69, 9.17) is 5.26 Å². The molecular formula is C11H6F3NO3S. The Bertz CT molecular complexity index is 564. The zero-order valence-corrected chi connectivity index (χ0v) is 10.3. The SMILES string of the molecule is COC(=O)c1c(C=O)cc(C#N)cc1SC(F)(F)F. The van der Waals surface area contributed by atoms with E-state index < -0.39 is 33.7 Å². The first-order chi connectivity index (χ1) is 8.82. The van der Waals surface area contributed by atoms with Crippen molar-refractivity contribution in [3.05, 3.63) is 28.8 Å². The first kappa shape index (κ1) is 15.0. The molecule has 0 aliphatic heterocycles. The van der Waals surface area contributed by atoms with Gasteiger partial charge in [-0.2, -0.15) is 18.4 Å². The second kappa shape index (κ2) is 5.75. The molecule has 0 aromatic heterocycles. The molecule has 0 aliphatic rings. The number of thioether (sulfide) groups is 1. The fourth-order valence-corrected chi connectivity index (χ4v) is 2.06. The fraction of sp³-hybridized carbons (Fsp3) is 0.182. The minimum Gasteiger partial charge on any atom is -0.465 e. The summed E-state index contributed by atoms with van der Waals surface area (Å²) >= 11 is -0.581. The van der Waals surface area contributed by atoms with Gasteiger partial charge < -0.3 is 4.74 Å². The molecular weight excluding hydrogens is 283 g/mol. The van der Waals surface area contributed by atoms with Gasteiger partial charge >= 0.3 is 11.5 Å². The number of nitrogens with zero attached hydrogens (tertiary/aromatic N) is 1. The second-order valence-electron chi connectivity index (χ2n) is 3.21. The predicted octanol–water partition coefficient (Wildman–Crippen LogP) is 2.77. The van der Waals surface area contributed by atoms with Gasteiger partial charge in [-0.05, 0) is 23.9 Å². The summed E-state index contributed by atoms with van der Waals surface area (Å²) < 4.78 is 41.5. The Morgan fingerprint density at radius 1 is 1.47 bits per heavy atom. The molecule has 8 heteroatoms. The van der Waals surface area contributed by atoms with Crippen molar-refractivity contribution in [2.75, 3.05) is 7.11 Å². The van der Waals surface area contributed by atoms with Gasteiger partial charge in [-0.3, -0.25) is 4.79 Å². The number of halogens is 3. The first-order valence-electron chi connectivity index (χ1n) is 4.69. The maximum Gasteiger partial charge on any atom is 0.446 e. The average molecular weight is 289 g/mol. The van der Waals surface area contributed by atoms with Gasteiger partial charge in [0.1, 0.15) is 0 Å². The number of methoxy groups -OCH3 is 1. The maximum absolute atomic E-state index is 12.4. The van der Waals surface area contributed by atoms with Gasteiger partial charge in [-0.15, -0.1) is 0 Å². The highest BCUT2D eigenvalue weighted by Crippen LogP contribution is 2.40. The molecule has 19 heavy (non-hydrogen) atoms. The Morgan fingerprint density at radius 3 is 2.53 bits per heavy atom. The van der Waals surface area contributed by atoms with Gasteiger partial charge in [0, 0.05) is 10.5 Å². The second-order valence-corrected chi connectivity index (χ2v) is 4.31. The molecule has 1 rings (SSSR count). The summed E-state index contributed by atoms with van der Waals surface area (Å²) in [5.41, 5.74) is -5.63. The molecule has 0 spiro atoms. The molecule has 0 aliphatic carbocycles. The lowest BCUT2D eigenvalue weighted by atomic mass is 10.1. The van der Waals surface area contributed by atoms with E-state index in [1.54, 1.807) is 6.07 Å². The number of benzene rings is 1. The number of rotatable bonds is 3. The topological polar surface area (TPSA) is 67.2 Å². The fourth-order valence-electron chi connectivity index (χ4n) is 1.32. The van der Waals surface area contributed by atoms with E-state index in [2.05, 4.69) is 4.74 Å². The van der Waals surface area contributed by atoms with Crippen molar-refractivity contribution in [3.63, 3.8) is 0 Å². The van der Waals surface area contributed by atoms with Crippen LogP contribution in [0.15, 0.2) is 17.0 Å². The van der Waals surface area contributed by atoms with Crippen molar-refractivity contribution in [3.8, 4) is 6.07 Å². The Hall–Kier alpha value is -2.01. The highest BCUT2D eigenvalue weighted by Gasteiger charge is 2.33. The van der Waals surface area contributed by atoms with Crippen LogP contribution in [0.3, 0.4) is 0 Å². The van der Waals surface area contributed by atoms with Crippen LogP contribution >= 0.6 is 11.8 Å². The van der Waals surface area contributed by atoms with E-state index >= 15 is 0 Å². The zero-order valence-electron chi connectivity index (χ0n) is 9.45. The molecule has 0 amide bonds. The highest BCUT2D eigenvalue weighted by atomic mass is 32.2. The third-order valence-electron chi connectivity index (χ3n) is 2.00. The standard InChI is InChI=1S/C11H6F3NO3S/c1-18-10(17)9-7(5-16)2-6(4-15)3-8(9)19-11(12,13)14/h2-3,5H,1H3. The van der Waals surface area contributed by atoms with E-state index in [-0.39, 0.29) is 17.4 Å². The largest absolute Gasteiger partial charge is 0.465 e. The number of esters is 1. The third kappa shape index (κ3) is 3.72. The summed E-state index contributed by atoms with van der Waals surface area (Å²) in [6.45, 7) is 0. The van der Waals surface area contributed by atoms with Crippen molar-refractivity contribution in [1.29, 1.82) is 5.26 Å². The summed E-state index contributed by atoms with van der Waals surface area (Å²) in [7, 11) is 0.983. The normalized spacial score (nSPS) is 10.7. The number of carbonyl (C=O) groups is 2. The molecule has 100 valence electrons. The number of nitriles is 1. The smallest absolute Gasteiger partial charge is 0.446 e. The van der Waals surface area contributed by atoms with Gasteiger partial charge in [-0.25, -0.2) is 4.79 Å². The minimum absolute atomic E-state index is 0.151. The van der Waals surface area contributed by atoms with Crippen LogP contribution in [0.25, 0.3) is 0 Å². The molecule has 0 radical (unpaired) electrons. The number of hydrogen-bond acceptors (Lipinski definition) is 5. The van der Waals surface area contributed by atoms with E-state index in [1.165, 1.54) is 0 Å². The van der Waals surface area contributed by atoms with Crippen LogP contribution in [-0.2, 0) is 4.74 Å². The van der Waals surface area contributed by atoms with Crippen LogP contribution in [0.2, 0.25) is 0 Å². The van der Waals surface area contributed by atoms with Crippen LogP contribution in [-0.4, -0.2) is 24.9 Å². The Labute approximate surface area is 110 Å². The Morgan fingerprint density at radius 2 is 2.11 bits per heavy atom. The molecule has 0 unspecified atom stereocenters. The lowest BCUT2D eigenvalue weighted by molar-refractivity contribution is -0.0328. The molecule has 4 nitrogen and oxygen atoms in total. The van der Waals surface area contributed by atoms with Gasteiger partial charge in [0.05, 0.1) is 24.3 Å². The van der Waals surface area contributed by atoms with Gasteiger partial charge in [0.15, 0.2) is 6.29 Å². The van der Waals surface area contributed by atoms with Crippen molar-refractivity contribution in [1.82, 2.24) is 0 Å². The van der Waals surface area contributed by atoms with Crippen LogP contribution in [0, 0.1) is 11.3 Å². The summed E-state index contributed by atoms with van der Waals surface area (Å²) in [4.78, 5) is 21.7. The Kier molecular flexibility index (Phi) is 4.56.